The van der Waals surface area contributed by atoms with E-state index in [2.05, 4.69) is 12.2 Å². The summed E-state index contributed by atoms with van der Waals surface area (Å²) in [6.07, 6.45) is 7.67. The predicted octanol–water partition coefficient (Wildman–Crippen LogP) is 2.85. The number of amides is 2. The van der Waals surface area contributed by atoms with Gasteiger partial charge in [0.05, 0.1) is 5.41 Å². The second-order valence-electron chi connectivity index (χ2n) is 6.85. The van der Waals surface area contributed by atoms with Gasteiger partial charge in [-0.05, 0) is 31.6 Å². The topological polar surface area (TPSA) is 69.6 Å². The maximum atomic E-state index is 12.3. The van der Waals surface area contributed by atoms with Crippen LogP contribution in [0.2, 0.25) is 0 Å². The first-order valence-corrected chi connectivity index (χ1v) is 8.30. The van der Waals surface area contributed by atoms with Gasteiger partial charge in [-0.2, -0.15) is 0 Å². The fourth-order valence-electron chi connectivity index (χ4n) is 3.60. The van der Waals surface area contributed by atoms with Gasteiger partial charge in [0.2, 0.25) is 0 Å². The van der Waals surface area contributed by atoms with Crippen LogP contribution in [-0.2, 0) is 4.79 Å². The van der Waals surface area contributed by atoms with Crippen LogP contribution in [0.15, 0.2) is 0 Å². The zero-order chi connectivity index (χ0) is 15.3. The van der Waals surface area contributed by atoms with E-state index < -0.39 is 11.4 Å². The van der Waals surface area contributed by atoms with E-state index in [0.29, 0.717) is 18.8 Å². The normalized spacial score (nSPS) is 26.0. The monoisotopic (exact) mass is 296 g/mol. The molecule has 0 spiro atoms. The molecule has 2 N–H and O–H groups in total. The van der Waals surface area contributed by atoms with Gasteiger partial charge in [-0.1, -0.05) is 32.6 Å². The molecule has 2 aliphatic rings. The standard InChI is InChI=1S/C16H28N2O3/c1-13-7-6-10-18(11-13)15(21)17-12-16(14(19)20)8-4-2-3-5-9-16/h13H,2-12H2,1H3,(H,17,21)(H,19,20). The van der Waals surface area contributed by atoms with Crippen molar-refractivity contribution in [2.24, 2.45) is 11.3 Å². The van der Waals surface area contributed by atoms with E-state index in [9.17, 15) is 14.7 Å². The summed E-state index contributed by atoms with van der Waals surface area (Å²) in [6, 6.07) is -0.0913. The van der Waals surface area contributed by atoms with E-state index >= 15 is 0 Å². The third kappa shape index (κ3) is 4.11. The summed E-state index contributed by atoms with van der Waals surface area (Å²) in [4.78, 5) is 25.8. The lowest BCUT2D eigenvalue weighted by Gasteiger charge is -2.33. The Morgan fingerprint density at radius 1 is 1.19 bits per heavy atom. The van der Waals surface area contributed by atoms with Crippen LogP contribution >= 0.6 is 0 Å². The number of likely N-dealkylation sites (tertiary alicyclic amines) is 1. The van der Waals surface area contributed by atoms with Gasteiger partial charge in [0.1, 0.15) is 0 Å². The smallest absolute Gasteiger partial charge is 0.317 e. The minimum atomic E-state index is -0.756. The Morgan fingerprint density at radius 2 is 1.86 bits per heavy atom. The Labute approximate surface area is 127 Å². The highest BCUT2D eigenvalue weighted by atomic mass is 16.4. The van der Waals surface area contributed by atoms with Gasteiger partial charge in [0.15, 0.2) is 0 Å². The number of nitrogens with one attached hydrogen (secondary N) is 1. The molecule has 5 heteroatoms. The average Bonchev–Trinajstić information content (AvgIpc) is 2.71. The lowest BCUT2D eigenvalue weighted by Crippen LogP contribution is -2.49. The first-order valence-electron chi connectivity index (χ1n) is 8.30. The summed E-state index contributed by atoms with van der Waals surface area (Å²) < 4.78 is 0. The molecular formula is C16H28N2O3. The zero-order valence-electron chi connectivity index (χ0n) is 13.1. The third-order valence-electron chi connectivity index (χ3n) is 5.04. The summed E-state index contributed by atoms with van der Waals surface area (Å²) in [5, 5.41) is 12.5. The Morgan fingerprint density at radius 3 is 2.43 bits per heavy atom. The van der Waals surface area contributed by atoms with Crippen LogP contribution in [0.25, 0.3) is 0 Å². The van der Waals surface area contributed by atoms with Gasteiger partial charge >= 0.3 is 12.0 Å². The van der Waals surface area contributed by atoms with Crippen LogP contribution in [0.1, 0.15) is 58.3 Å². The molecule has 1 atom stereocenters. The first-order chi connectivity index (χ1) is 10.0. The number of carbonyl (C=O) groups is 2. The van der Waals surface area contributed by atoms with Gasteiger partial charge in [0.25, 0.3) is 0 Å². The number of hydrogen-bond acceptors (Lipinski definition) is 2. The molecule has 0 bridgehead atoms. The molecule has 1 aliphatic heterocycles. The van der Waals surface area contributed by atoms with E-state index in [1.54, 1.807) is 0 Å². The zero-order valence-corrected chi connectivity index (χ0v) is 13.1. The molecule has 1 saturated heterocycles. The molecule has 2 amide bonds. The number of piperidine rings is 1. The van der Waals surface area contributed by atoms with Crippen LogP contribution < -0.4 is 5.32 Å². The molecule has 2 rings (SSSR count). The molecule has 1 aliphatic carbocycles. The number of hydrogen-bond donors (Lipinski definition) is 2. The van der Waals surface area contributed by atoms with Crippen LogP contribution in [0.4, 0.5) is 4.79 Å². The third-order valence-corrected chi connectivity index (χ3v) is 5.04. The maximum absolute atomic E-state index is 12.3. The van der Waals surface area contributed by atoms with Crippen LogP contribution in [0.5, 0.6) is 0 Å². The number of rotatable bonds is 3. The van der Waals surface area contributed by atoms with E-state index in [4.69, 9.17) is 0 Å². The van der Waals surface area contributed by atoms with E-state index in [1.165, 1.54) is 6.42 Å². The van der Waals surface area contributed by atoms with Gasteiger partial charge in [-0.25, -0.2) is 4.79 Å². The summed E-state index contributed by atoms with van der Waals surface area (Å²) >= 11 is 0. The molecule has 0 aromatic heterocycles. The second-order valence-corrected chi connectivity index (χ2v) is 6.85. The molecule has 1 saturated carbocycles. The Kier molecular flexibility index (Phi) is 5.48. The Hall–Kier alpha value is -1.26. The van der Waals surface area contributed by atoms with Crippen molar-refractivity contribution in [3.8, 4) is 0 Å². The Bertz CT molecular complexity index is 376. The quantitative estimate of drug-likeness (QED) is 0.787. The Balaban J connectivity index is 1.91. The van der Waals surface area contributed by atoms with Crippen molar-refractivity contribution in [1.82, 2.24) is 10.2 Å². The number of urea groups is 1. The predicted molar refractivity (Wildman–Crippen MR) is 81.1 cm³/mol. The van der Waals surface area contributed by atoms with Gasteiger partial charge in [-0.15, -0.1) is 0 Å². The molecular weight excluding hydrogens is 268 g/mol. The molecule has 5 nitrogen and oxygen atoms in total. The van der Waals surface area contributed by atoms with Crippen molar-refractivity contribution in [3.63, 3.8) is 0 Å². The highest BCUT2D eigenvalue weighted by Crippen LogP contribution is 2.35. The summed E-state index contributed by atoms with van der Waals surface area (Å²) in [6.45, 7) is 4.00. The minimum Gasteiger partial charge on any atom is -0.481 e. The van der Waals surface area contributed by atoms with Crippen LogP contribution in [-0.4, -0.2) is 41.6 Å². The number of carboxylic acid groups (broad SMARTS) is 1. The molecule has 21 heavy (non-hydrogen) atoms. The van der Waals surface area contributed by atoms with Crippen molar-refractivity contribution in [2.75, 3.05) is 19.6 Å². The van der Waals surface area contributed by atoms with Gasteiger partial charge in [0, 0.05) is 19.6 Å². The fraction of sp³-hybridized carbons (Fsp3) is 0.875. The van der Waals surface area contributed by atoms with Crippen molar-refractivity contribution in [3.05, 3.63) is 0 Å². The lowest BCUT2D eigenvalue weighted by atomic mass is 9.80. The number of carboxylic acids is 1. The van der Waals surface area contributed by atoms with Gasteiger partial charge < -0.3 is 15.3 Å². The number of carbonyl (C=O) groups excluding carboxylic acids is 1. The molecule has 1 unspecified atom stereocenters. The SMILES string of the molecule is CC1CCCN(C(=O)NCC2(C(=O)O)CCCCCC2)C1. The van der Waals surface area contributed by atoms with Gasteiger partial charge in [-0.3, -0.25) is 4.79 Å². The van der Waals surface area contributed by atoms with Crippen molar-refractivity contribution >= 4 is 12.0 Å². The fourth-order valence-corrected chi connectivity index (χ4v) is 3.60. The van der Waals surface area contributed by atoms with E-state index in [0.717, 1.165) is 45.2 Å². The largest absolute Gasteiger partial charge is 0.481 e. The van der Waals surface area contributed by atoms with Crippen molar-refractivity contribution < 1.29 is 14.7 Å². The molecule has 1 heterocycles. The van der Waals surface area contributed by atoms with Crippen LogP contribution in [0, 0.1) is 11.3 Å². The number of nitrogens with zero attached hydrogens (tertiary/aromatic N) is 1. The van der Waals surface area contributed by atoms with Crippen LogP contribution in [0.3, 0.4) is 0 Å². The molecule has 120 valence electrons. The lowest BCUT2D eigenvalue weighted by molar-refractivity contribution is -0.149. The molecule has 0 aromatic carbocycles. The first kappa shape index (κ1) is 16.1. The van der Waals surface area contributed by atoms with Crippen molar-refractivity contribution in [1.29, 1.82) is 0 Å². The molecule has 0 radical (unpaired) electrons. The molecule has 2 fully saturated rings. The highest BCUT2D eigenvalue weighted by molar-refractivity contribution is 5.78. The number of aliphatic carboxylic acids is 1. The van der Waals surface area contributed by atoms with E-state index in [-0.39, 0.29) is 12.6 Å². The second kappa shape index (κ2) is 7.14. The summed E-state index contributed by atoms with van der Waals surface area (Å²) in [5.41, 5.74) is -0.756. The highest BCUT2D eigenvalue weighted by Gasteiger charge is 2.39. The van der Waals surface area contributed by atoms with Crippen molar-refractivity contribution in [2.45, 2.75) is 58.3 Å². The minimum absolute atomic E-state index is 0.0913. The summed E-state index contributed by atoms with van der Waals surface area (Å²) in [5.74, 6) is -0.215. The summed E-state index contributed by atoms with van der Waals surface area (Å²) in [7, 11) is 0. The maximum Gasteiger partial charge on any atom is 0.317 e. The molecule has 0 aromatic rings. The average molecular weight is 296 g/mol. The van der Waals surface area contributed by atoms with E-state index in [1.807, 2.05) is 4.90 Å².